The van der Waals surface area contributed by atoms with Gasteiger partial charge in [-0.15, -0.1) is 0 Å². The Balaban J connectivity index is 1.85. The lowest BCUT2D eigenvalue weighted by molar-refractivity contribution is 0.689. The second kappa shape index (κ2) is 3.91. The molecule has 0 aliphatic heterocycles. The highest BCUT2D eigenvalue weighted by atomic mass is 15.3. The van der Waals surface area contributed by atoms with Crippen molar-refractivity contribution in [3.8, 4) is 0 Å². The summed E-state index contributed by atoms with van der Waals surface area (Å²) in [6.07, 6.45) is 5.77. The fourth-order valence-electron chi connectivity index (χ4n) is 2.53. The summed E-state index contributed by atoms with van der Waals surface area (Å²) in [4.78, 5) is 0. The van der Waals surface area contributed by atoms with Crippen LogP contribution in [0.4, 0.5) is 5.82 Å². The number of benzene rings is 1. The number of hydrogen-bond acceptors (Lipinski definition) is 2. The summed E-state index contributed by atoms with van der Waals surface area (Å²) < 4.78 is 1.92. The van der Waals surface area contributed by atoms with Crippen LogP contribution < -0.4 is 5.73 Å². The van der Waals surface area contributed by atoms with Gasteiger partial charge in [-0.05, 0) is 42.9 Å². The van der Waals surface area contributed by atoms with Gasteiger partial charge < -0.3 is 5.73 Å². The molecule has 2 aromatic rings. The zero-order valence-electron chi connectivity index (χ0n) is 10.1. The van der Waals surface area contributed by atoms with Crippen LogP contribution in [0.5, 0.6) is 0 Å². The van der Waals surface area contributed by atoms with Gasteiger partial charge in [-0.2, -0.15) is 5.10 Å². The highest BCUT2D eigenvalue weighted by molar-refractivity contribution is 5.37. The first kappa shape index (κ1) is 10.4. The molecule has 0 saturated carbocycles. The summed E-state index contributed by atoms with van der Waals surface area (Å²) in [5, 5.41) is 4.29. The zero-order valence-corrected chi connectivity index (χ0v) is 10.1. The molecule has 3 heteroatoms. The number of anilines is 1. The highest BCUT2D eigenvalue weighted by Gasteiger charge is 2.11. The number of nitrogens with zero attached hydrogens (tertiary/aromatic N) is 2. The fraction of sp³-hybridized carbons (Fsp3) is 0.357. The number of nitrogens with two attached hydrogens (primary N) is 1. The van der Waals surface area contributed by atoms with Crippen molar-refractivity contribution in [1.82, 2.24) is 9.78 Å². The number of aryl methyl sites for hydroxylation is 3. The van der Waals surface area contributed by atoms with Crippen molar-refractivity contribution in [2.75, 3.05) is 5.73 Å². The van der Waals surface area contributed by atoms with Crippen LogP contribution >= 0.6 is 0 Å². The highest BCUT2D eigenvalue weighted by Crippen LogP contribution is 2.23. The summed E-state index contributed by atoms with van der Waals surface area (Å²) >= 11 is 0. The van der Waals surface area contributed by atoms with E-state index in [-0.39, 0.29) is 0 Å². The lowest BCUT2D eigenvalue weighted by Gasteiger charge is -2.05. The van der Waals surface area contributed by atoms with E-state index in [4.69, 9.17) is 5.73 Å². The number of fused-ring (bicyclic) bond motifs is 1. The number of rotatable bonds is 2. The predicted octanol–water partition coefficient (Wildman–Crippen LogP) is 2.31. The Labute approximate surface area is 101 Å². The normalized spacial score (nSPS) is 13.9. The second-order valence-electron chi connectivity index (χ2n) is 4.85. The molecular formula is C14H17N3. The van der Waals surface area contributed by atoms with Gasteiger partial charge in [0, 0.05) is 11.8 Å². The largest absolute Gasteiger partial charge is 0.382 e. The standard InChI is InChI=1S/C14H17N3/c1-10-8-17(16-14(10)15)9-11-5-6-12-3-2-4-13(12)7-11/h5-8H,2-4,9H2,1H3,(H2,15,16). The van der Waals surface area contributed by atoms with Crippen LogP contribution in [0.15, 0.2) is 24.4 Å². The first-order valence-corrected chi connectivity index (χ1v) is 6.12. The summed E-state index contributed by atoms with van der Waals surface area (Å²) in [6.45, 7) is 2.80. The first-order chi connectivity index (χ1) is 8.22. The molecule has 1 aliphatic rings. The molecule has 17 heavy (non-hydrogen) atoms. The van der Waals surface area contributed by atoms with Gasteiger partial charge in [0.25, 0.3) is 0 Å². The van der Waals surface area contributed by atoms with Crippen molar-refractivity contribution in [2.24, 2.45) is 0 Å². The first-order valence-electron chi connectivity index (χ1n) is 6.12. The number of hydrogen-bond donors (Lipinski definition) is 1. The van der Waals surface area contributed by atoms with Gasteiger partial charge in [-0.25, -0.2) is 0 Å². The minimum Gasteiger partial charge on any atom is -0.382 e. The second-order valence-corrected chi connectivity index (χ2v) is 4.85. The summed E-state index contributed by atoms with van der Waals surface area (Å²) in [5.41, 5.74) is 11.1. The lowest BCUT2D eigenvalue weighted by Crippen LogP contribution is -2.01. The van der Waals surface area contributed by atoms with Crippen molar-refractivity contribution >= 4 is 5.82 Å². The topological polar surface area (TPSA) is 43.8 Å². The molecule has 3 nitrogen and oxygen atoms in total. The van der Waals surface area contributed by atoms with Crippen molar-refractivity contribution in [3.05, 3.63) is 46.6 Å². The molecule has 0 bridgehead atoms. The molecule has 1 aromatic heterocycles. The summed E-state index contributed by atoms with van der Waals surface area (Å²) in [6, 6.07) is 6.78. The van der Waals surface area contributed by atoms with Crippen molar-refractivity contribution in [2.45, 2.75) is 32.7 Å². The SMILES string of the molecule is Cc1cn(Cc2ccc3c(c2)CCC3)nc1N. The Kier molecular flexibility index (Phi) is 2.39. The molecule has 0 fully saturated rings. The average molecular weight is 227 g/mol. The molecular weight excluding hydrogens is 210 g/mol. The van der Waals surface area contributed by atoms with E-state index in [1.165, 1.54) is 36.0 Å². The Bertz CT molecular complexity index is 535. The molecule has 0 spiro atoms. The van der Waals surface area contributed by atoms with Gasteiger partial charge in [-0.1, -0.05) is 18.2 Å². The zero-order chi connectivity index (χ0) is 11.8. The van der Waals surface area contributed by atoms with Crippen LogP contribution in [0.1, 0.15) is 28.7 Å². The van der Waals surface area contributed by atoms with E-state index < -0.39 is 0 Å². The minimum absolute atomic E-state index is 0.631. The van der Waals surface area contributed by atoms with E-state index in [9.17, 15) is 0 Å². The average Bonchev–Trinajstić information content (AvgIpc) is 2.86. The van der Waals surface area contributed by atoms with E-state index in [2.05, 4.69) is 23.3 Å². The third-order valence-electron chi connectivity index (χ3n) is 3.49. The Morgan fingerprint density at radius 1 is 1.29 bits per heavy atom. The number of nitrogen functional groups attached to an aromatic ring is 1. The van der Waals surface area contributed by atoms with E-state index in [0.717, 1.165) is 12.1 Å². The van der Waals surface area contributed by atoms with Crippen molar-refractivity contribution < 1.29 is 0 Å². The summed E-state index contributed by atoms with van der Waals surface area (Å²) in [5.74, 6) is 0.631. The molecule has 0 amide bonds. The molecule has 1 heterocycles. The minimum atomic E-state index is 0.631. The Morgan fingerprint density at radius 3 is 2.88 bits per heavy atom. The van der Waals surface area contributed by atoms with Crippen LogP contribution in [-0.4, -0.2) is 9.78 Å². The third kappa shape index (κ3) is 1.93. The molecule has 2 N–H and O–H groups in total. The third-order valence-corrected chi connectivity index (χ3v) is 3.49. The van der Waals surface area contributed by atoms with E-state index in [1.54, 1.807) is 0 Å². The molecule has 88 valence electrons. The summed E-state index contributed by atoms with van der Waals surface area (Å²) in [7, 11) is 0. The van der Waals surface area contributed by atoms with Crippen LogP contribution in [0.2, 0.25) is 0 Å². The van der Waals surface area contributed by atoms with Gasteiger partial charge in [0.1, 0.15) is 5.82 Å². The molecule has 0 atom stereocenters. The van der Waals surface area contributed by atoms with Crippen LogP contribution in [0, 0.1) is 6.92 Å². The fourth-order valence-corrected chi connectivity index (χ4v) is 2.53. The number of aromatic nitrogens is 2. The van der Waals surface area contributed by atoms with Gasteiger partial charge in [-0.3, -0.25) is 4.68 Å². The quantitative estimate of drug-likeness (QED) is 0.855. The van der Waals surface area contributed by atoms with Gasteiger partial charge in [0.2, 0.25) is 0 Å². The maximum atomic E-state index is 5.75. The van der Waals surface area contributed by atoms with Crippen LogP contribution in [-0.2, 0) is 19.4 Å². The van der Waals surface area contributed by atoms with E-state index >= 15 is 0 Å². The monoisotopic (exact) mass is 227 g/mol. The maximum Gasteiger partial charge on any atom is 0.148 e. The van der Waals surface area contributed by atoms with Crippen LogP contribution in [0.3, 0.4) is 0 Å². The van der Waals surface area contributed by atoms with Crippen molar-refractivity contribution in [3.63, 3.8) is 0 Å². The van der Waals surface area contributed by atoms with Gasteiger partial charge in [0.05, 0.1) is 6.54 Å². The van der Waals surface area contributed by atoms with Gasteiger partial charge >= 0.3 is 0 Å². The van der Waals surface area contributed by atoms with Gasteiger partial charge in [0.15, 0.2) is 0 Å². The predicted molar refractivity (Wildman–Crippen MR) is 68.9 cm³/mol. The molecule has 0 radical (unpaired) electrons. The Morgan fingerprint density at radius 2 is 2.12 bits per heavy atom. The van der Waals surface area contributed by atoms with E-state index in [1.807, 2.05) is 17.8 Å². The molecule has 1 aromatic carbocycles. The molecule has 0 unspecified atom stereocenters. The lowest BCUT2D eigenvalue weighted by atomic mass is 10.1. The smallest absolute Gasteiger partial charge is 0.148 e. The maximum absolute atomic E-state index is 5.75. The Hall–Kier alpha value is -1.77. The molecule has 0 saturated heterocycles. The van der Waals surface area contributed by atoms with E-state index in [0.29, 0.717) is 5.82 Å². The molecule has 3 rings (SSSR count). The molecule has 1 aliphatic carbocycles. The van der Waals surface area contributed by atoms with Crippen molar-refractivity contribution in [1.29, 1.82) is 0 Å². The van der Waals surface area contributed by atoms with Crippen LogP contribution in [0.25, 0.3) is 0 Å².